The van der Waals surface area contributed by atoms with Gasteiger partial charge in [0.2, 0.25) is 11.8 Å². The van der Waals surface area contributed by atoms with E-state index in [9.17, 15) is 19.5 Å². The Bertz CT molecular complexity index is 943. The van der Waals surface area contributed by atoms with E-state index < -0.39 is 29.8 Å². The molecule has 32 heavy (non-hydrogen) atoms. The van der Waals surface area contributed by atoms with Gasteiger partial charge in [0.25, 0.3) is 5.91 Å². The third-order valence-corrected chi connectivity index (χ3v) is 4.64. The number of aliphatic imine (C=N–C) groups is 1. The molecule has 0 aromatic heterocycles. The largest absolute Gasteiger partial charge is 0.508 e. The van der Waals surface area contributed by atoms with E-state index in [1.54, 1.807) is 42.5 Å². The first-order chi connectivity index (χ1) is 15.3. The van der Waals surface area contributed by atoms with Gasteiger partial charge in [0.1, 0.15) is 17.8 Å². The lowest BCUT2D eigenvalue weighted by Gasteiger charge is -2.22. The molecular weight excluding hydrogens is 412 g/mol. The molecule has 0 radical (unpaired) electrons. The fourth-order valence-corrected chi connectivity index (χ4v) is 2.97. The Labute approximate surface area is 185 Å². The fourth-order valence-electron chi connectivity index (χ4n) is 2.97. The van der Waals surface area contributed by atoms with Crippen molar-refractivity contribution in [1.29, 1.82) is 0 Å². The highest BCUT2D eigenvalue weighted by molar-refractivity contribution is 5.98. The van der Waals surface area contributed by atoms with Gasteiger partial charge in [0.15, 0.2) is 5.96 Å². The molecule has 10 nitrogen and oxygen atoms in total. The van der Waals surface area contributed by atoms with Crippen molar-refractivity contribution < 1.29 is 19.5 Å². The second kappa shape index (κ2) is 11.9. The average Bonchev–Trinajstić information content (AvgIpc) is 2.76. The van der Waals surface area contributed by atoms with Crippen molar-refractivity contribution in [3.05, 3.63) is 65.7 Å². The van der Waals surface area contributed by atoms with Gasteiger partial charge < -0.3 is 32.9 Å². The van der Waals surface area contributed by atoms with Crippen LogP contribution in [0, 0.1) is 0 Å². The molecule has 0 saturated carbocycles. The lowest BCUT2D eigenvalue weighted by Crippen LogP contribution is -2.53. The van der Waals surface area contributed by atoms with E-state index in [-0.39, 0.29) is 31.1 Å². The minimum absolute atomic E-state index is 0.0674. The van der Waals surface area contributed by atoms with Crippen LogP contribution in [-0.4, -0.2) is 47.4 Å². The summed E-state index contributed by atoms with van der Waals surface area (Å²) >= 11 is 0. The van der Waals surface area contributed by atoms with Gasteiger partial charge in [-0.25, -0.2) is 0 Å². The summed E-state index contributed by atoms with van der Waals surface area (Å²) in [7, 11) is 0. The second-order valence-corrected chi connectivity index (χ2v) is 7.18. The number of nitrogens with one attached hydrogen (secondary N) is 2. The highest BCUT2D eigenvalue weighted by atomic mass is 16.3. The average molecular weight is 441 g/mol. The maximum atomic E-state index is 13.0. The molecule has 0 heterocycles. The fraction of sp³-hybridized carbons (Fsp3) is 0.273. The number of hydrogen-bond donors (Lipinski definition) is 6. The van der Waals surface area contributed by atoms with Crippen molar-refractivity contribution in [2.45, 2.75) is 31.3 Å². The number of primary amides is 1. The minimum Gasteiger partial charge on any atom is -0.508 e. The molecule has 0 bridgehead atoms. The summed E-state index contributed by atoms with van der Waals surface area (Å²) in [5.74, 6) is -1.69. The summed E-state index contributed by atoms with van der Waals surface area (Å²) in [4.78, 5) is 41.3. The van der Waals surface area contributed by atoms with Crippen LogP contribution in [0.25, 0.3) is 0 Å². The number of benzene rings is 2. The number of carbonyl (C=O) groups excluding carboxylic acids is 3. The molecule has 0 spiro atoms. The van der Waals surface area contributed by atoms with Crippen molar-refractivity contribution >= 4 is 23.7 Å². The maximum absolute atomic E-state index is 13.0. The number of nitrogens with zero attached hydrogens (tertiary/aromatic N) is 1. The molecule has 0 aliphatic rings. The normalized spacial score (nSPS) is 12.2. The van der Waals surface area contributed by atoms with Crippen LogP contribution in [-0.2, 0) is 16.0 Å². The zero-order chi connectivity index (χ0) is 23.5. The third-order valence-electron chi connectivity index (χ3n) is 4.64. The van der Waals surface area contributed by atoms with Crippen molar-refractivity contribution in [1.82, 2.24) is 10.6 Å². The van der Waals surface area contributed by atoms with Gasteiger partial charge in [-0.1, -0.05) is 30.3 Å². The molecule has 2 rings (SSSR count). The molecule has 0 aliphatic carbocycles. The quantitative estimate of drug-likeness (QED) is 0.159. The summed E-state index contributed by atoms with van der Waals surface area (Å²) in [5.41, 5.74) is 17.1. The lowest BCUT2D eigenvalue weighted by molar-refractivity contribution is -0.128. The van der Waals surface area contributed by atoms with Gasteiger partial charge in [-0.15, -0.1) is 0 Å². The molecule has 2 aromatic carbocycles. The molecule has 170 valence electrons. The summed E-state index contributed by atoms with van der Waals surface area (Å²) in [6.07, 6.45) is 0.797. The highest BCUT2D eigenvalue weighted by Crippen LogP contribution is 2.12. The molecule has 10 heteroatoms. The summed E-state index contributed by atoms with van der Waals surface area (Å²) in [6, 6.07) is 12.8. The molecule has 3 amide bonds. The number of aromatic hydroxyl groups is 1. The van der Waals surface area contributed by atoms with Crippen LogP contribution < -0.4 is 27.8 Å². The number of nitrogens with two attached hydrogens (primary N) is 3. The molecular formula is C22H28N6O4. The van der Waals surface area contributed by atoms with Crippen LogP contribution in [0.15, 0.2) is 59.6 Å². The van der Waals surface area contributed by atoms with Gasteiger partial charge in [-0.2, -0.15) is 0 Å². The Morgan fingerprint density at radius 1 is 0.906 bits per heavy atom. The SMILES string of the molecule is NC(=O)C(CCCN=C(N)N)NC(=O)C(Cc1ccc(O)cc1)NC(=O)c1ccccc1. The number of hydrogen-bond acceptors (Lipinski definition) is 5. The van der Waals surface area contributed by atoms with E-state index in [1.165, 1.54) is 12.1 Å². The van der Waals surface area contributed by atoms with Gasteiger partial charge >= 0.3 is 0 Å². The molecule has 2 atom stereocenters. The monoisotopic (exact) mass is 440 g/mol. The Morgan fingerprint density at radius 3 is 2.16 bits per heavy atom. The molecule has 2 aromatic rings. The zero-order valence-corrected chi connectivity index (χ0v) is 17.5. The van der Waals surface area contributed by atoms with Crippen LogP contribution in [0.4, 0.5) is 0 Å². The number of amides is 3. The third kappa shape index (κ3) is 7.98. The first kappa shape index (κ1) is 24.2. The van der Waals surface area contributed by atoms with Crippen molar-refractivity contribution in [3.8, 4) is 5.75 Å². The van der Waals surface area contributed by atoms with Crippen LogP contribution in [0.1, 0.15) is 28.8 Å². The smallest absolute Gasteiger partial charge is 0.251 e. The van der Waals surface area contributed by atoms with E-state index in [4.69, 9.17) is 17.2 Å². The summed E-state index contributed by atoms with van der Waals surface area (Å²) < 4.78 is 0. The molecule has 0 saturated heterocycles. The molecule has 9 N–H and O–H groups in total. The van der Waals surface area contributed by atoms with Crippen LogP contribution in [0.5, 0.6) is 5.75 Å². The van der Waals surface area contributed by atoms with Gasteiger partial charge in [0.05, 0.1) is 0 Å². The van der Waals surface area contributed by atoms with E-state index >= 15 is 0 Å². The standard InChI is InChI=1S/C22H28N6O4/c23-19(30)17(7-4-12-26-22(24)25)27-21(32)18(13-14-8-10-16(29)11-9-14)28-20(31)15-5-2-1-3-6-15/h1-3,5-6,8-11,17-18,29H,4,7,12-13H2,(H2,23,30)(H,27,32)(H,28,31)(H4,24,25,26). The highest BCUT2D eigenvalue weighted by Gasteiger charge is 2.26. The number of phenols is 1. The number of rotatable bonds is 11. The Morgan fingerprint density at radius 2 is 1.56 bits per heavy atom. The van der Waals surface area contributed by atoms with Gasteiger partial charge in [0, 0.05) is 18.5 Å². The number of phenolic OH excluding ortho intramolecular Hbond substituents is 1. The number of guanidine groups is 1. The second-order valence-electron chi connectivity index (χ2n) is 7.18. The predicted molar refractivity (Wildman–Crippen MR) is 121 cm³/mol. The molecule has 2 unspecified atom stereocenters. The lowest BCUT2D eigenvalue weighted by atomic mass is 10.0. The Kier molecular flexibility index (Phi) is 9.03. The van der Waals surface area contributed by atoms with Crippen molar-refractivity contribution in [3.63, 3.8) is 0 Å². The molecule has 0 aliphatic heterocycles. The maximum Gasteiger partial charge on any atom is 0.251 e. The van der Waals surface area contributed by atoms with E-state index in [0.717, 1.165) is 0 Å². The summed E-state index contributed by atoms with van der Waals surface area (Å²) in [6.45, 7) is 0.281. The predicted octanol–water partition coefficient (Wildman–Crippen LogP) is -0.243. The first-order valence-corrected chi connectivity index (χ1v) is 10.0. The Balaban J connectivity index is 2.13. The van der Waals surface area contributed by atoms with Crippen molar-refractivity contribution in [2.75, 3.05) is 6.54 Å². The zero-order valence-electron chi connectivity index (χ0n) is 17.5. The number of carbonyl (C=O) groups is 3. The topological polar surface area (TPSA) is 186 Å². The molecule has 0 fully saturated rings. The Hall–Kier alpha value is -4.08. The van der Waals surface area contributed by atoms with Crippen LogP contribution >= 0.6 is 0 Å². The van der Waals surface area contributed by atoms with E-state index in [1.807, 2.05) is 0 Å². The van der Waals surface area contributed by atoms with Gasteiger partial charge in [-0.3, -0.25) is 19.4 Å². The van der Waals surface area contributed by atoms with E-state index in [0.29, 0.717) is 17.5 Å². The minimum atomic E-state index is -0.980. The first-order valence-electron chi connectivity index (χ1n) is 10.0. The van der Waals surface area contributed by atoms with Gasteiger partial charge in [-0.05, 0) is 42.7 Å². The van der Waals surface area contributed by atoms with Crippen LogP contribution in [0.2, 0.25) is 0 Å². The summed E-state index contributed by atoms with van der Waals surface area (Å²) in [5, 5.41) is 14.8. The van der Waals surface area contributed by atoms with E-state index in [2.05, 4.69) is 15.6 Å². The van der Waals surface area contributed by atoms with Crippen LogP contribution in [0.3, 0.4) is 0 Å². The van der Waals surface area contributed by atoms with Crippen molar-refractivity contribution in [2.24, 2.45) is 22.2 Å².